The Balaban J connectivity index is 1.47. The molecule has 2 aromatic carbocycles. The molecule has 2 aliphatic heterocycles. The van der Waals surface area contributed by atoms with E-state index in [1.165, 1.54) is 0 Å². The van der Waals surface area contributed by atoms with Gasteiger partial charge in [0.05, 0.1) is 6.61 Å². The van der Waals surface area contributed by atoms with Gasteiger partial charge >= 0.3 is 0 Å². The Morgan fingerprint density at radius 2 is 2.04 bits per heavy atom. The molecule has 4 rings (SSSR count). The van der Waals surface area contributed by atoms with Gasteiger partial charge in [0.2, 0.25) is 0 Å². The van der Waals surface area contributed by atoms with Crippen LogP contribution in [0.5, 0.6) is 5.75 Å². The molecule has 2 heterocycles. The average molecular weight is 364 g/mol. The molecule has 5 heteroatoms. The molecule has 27 heavy (non-hydrogen) atoms. The third-order valence-corrected chi connectivity index (χ3v) is 5.13. The van der Waals surface area contributed by atoms with E-state index in [1.54, 1.807) is 0 Å². The van der Waals surface area contributed by atoms with Crippen LogP contribution in [0.15, 0.2) is 65.9 Å². The van der Waals surface area contributed by atoms with Gasteiger partial charge in [-0.2, -0.15) is 0 Å². The first-order chi connectivity index (χ1) is 13.2. The zero-order chi connectivity index (χ0) is 18.6. The second-order valence-corrected chi connectivity index (χ2v) is 7.12. The number of amides is 1. The first kappa shape index (κ1) is 17.6. The number of rotatable bonds is 6. The number of ether oxygens (including phenoxy) is 2. The standard InChI is InChI=1S/C22H24N2O3/c23-22(25)20-9-8-16(12-24(20)13-17-10-11-26-14-17)15-27-21-7-3-5-18-4-1-2-6-19(18)21/h1-9,17H,10-15H2,(H2,23,25). The number of fused-ring (bicyclic) bond motifs is 1. The van der Waals surface area contributed by atoms with E-state index < -0.39 is 0 Å². The van der Waals surface area contributed by atoms with E-state index in [1.807, 2.05) is 36.4 Å². The minimum absolute atomic E-state index is 0.390. The molecule has 0 radical (unpaired) electrons. The largest absolute Gasteiger partial charge is 0.489 e. The third-order valence-electron chi connectivity index (χ3n) is 5.13. The van der Waals surface area contributed by atoms with E-state index in [4.69, 9.17) is 15.2 Å². The third kappa shape index (κ3) is 3.98. The van der Waals surface area contributed by atoms with Crippen molar-refractivity contribution in [3.05, 3.63) is 65.9 Å². The van der Waals surface area contributed by atoms with Crippen LogP contribution >= 0.6 is 0 Å². The SMILES string of the molecule is NC(=O)C1=CC=C(COc2cccc3ccccc23)CN1CC1CCOC1. The van der Waals surface area contributed by atoms with Crippen LogP contribution in [0.25, 0.3) is 10.8 Å². The second kappa shape index (κ2) is 7.84. The molecule has 140 valence electrons. The summed E-state index contributed by atoms with van der Waals surface area (Å²) in [5, 5.41) is 2.26. The minimum atomic E-state index is -0.390. The summed E-state index contributed by atoms with van der Waals surface area (Å²) in [5.74, 6) is 0.916. The Morgan fingerprint density at radius 3 is 2.85 bits per heavy atom. The van der Waals surface area contributed by atoms with Crippen molar-refractivity contribution in [1.82, 2.24) is 4.90 Å². The van der Waals surface area contributed by atoms with Gasteiger partial charge in [-0.05, 0) is 29.5 Å². The topological polar surface area (TPSA) is 64.8 Å². The molecule has 0 aromatic heterocycles. The Bertz CT molecular complexity index is 892. The predicted octanol–water partition coefficient (Wildman–Crippen LogP) is 2.87. The normalized spacial score (nSPS) is 19.7. The fourth-order valence-electron chi connectivity index (χ4n) is 3.71. The lowest BCUT2D eigenvalue weighted by Gasteiger charge is -2.31. The van der Waals surface area contributed by atoms with Crippen LogP contribution in [0.3, 0.4) is 0 Å². The first-order valence-corrected chi connectivity index (χ1v) is 9.33. The molecule has 0 saturated carbocycles. The molecular weight excluding hydrogens is 340 g/mol. The summed E-state index contributed by atoms with van der Waals surface area (Å²) in [5.41, 5.74) is 7.25. The molecule has 1 fully saturated rings. The van der Waals surface area contributed by atoms with Gasteiger partial charge in [-0.25, -0.2) is 0 Å². The molecule has 1 saturated heterocycles. The van der Waals surface area contributed by atoms with Crippen LogP contribution in [-0.4, -0.2) is 43.7 Å². The summed E-state index contributed by atoms with van der Waals surface area (Å²) in [4.78, 5) is 13.9. The van der Waals surface area contributed by atoms with Gasteiger partial charge in [0.25, 0.3) is 5.91 Å². The van der Waals surface area contributed by atoms with Crippen LogP contribution in [-0.2, 0) is 9.53 Å². The highest BCUT2D eigenvalue weighted by atomic mass is 16.5. The molecule has 0 bridgehead atoms. The molecule has 1 unspecified atom stereocenters. The van der Waals surface area contributed by atoms with E-state index in [0.717, 1.165) is 48.3 Å². The minimum Gasteiger partial charge on any atom is -0.489 e. The van der Waals surface area contributed by atoms with E-state index in [2.05, 4.69) is 23.1 Å². The second-order valence-electron chi connectivity index (χ2n) is 7.12. The van der Waals surface area contributed by atoms with E-state index >= 15 is 0 Å². The van der Waals surface area contributed by atoms with E-state index in [-0.39, 0.29) is 5.91 Å². The van der Waals surface area contributed by atoms with Gasteiger partial charge in [-0.15, -0.1) is 0 Å². The molecule has 0 aliphatic carbocycles. The summed E-state index contributed by atoms with van der Waals surface area (Å²) in [6, 6.07) is 14.3. The number of primary amides is 1. The van der Waals surface area contributed by atoms with E-state index in [0.29, 0.717) is 24.8 Å². The zero-order valence-corrected chi connectivity index (χ0v) is 15.3. The maximum atomic E-state index is 11.8. The fraction of sp³-hybridized carbons (Fsp3) is 0.318. The van der Waals surface area contributed by atoms with Gasteiger partial charge in [-0.3, -0.25) is 4.79 Å². The lowest BCUT2D eigenvalue weighted by Crippen LogP contribution is -2.38. The number of allylic oxidation sites excluding steroid dienone is 2. The van der Waals surface area contributed by atoms with Crippen molar-refractivity contribution in [3.63, 3.8) is 0 Å². The van der Waals surface area contributed by atoms with Crippen molar-refractivity contribution in [2.24, 2.45) is 11.7 Å². The summed E-state index contributed by atoms with van der Waals surface area (Å²) >= 11 is 0. The molecule has 2 aliphatic rings. The highest BCUT2D eigenvalue weighted by Crippen LogP contribution is 2.26. The average Bonchev–Trinajstić information content (AvgIpc) is 3.19. The fourth-order valence-corrected chi connectivity index (χ4v) is 3.71. The van der Waals surface area contributed by atoms with E-state index in [9.17, 15) is 4.79 Å². The van der Waals surface area contributed by atoms with Crippen molar-refractivity contribution in [2.75, 3.05) is 32.9 Å². The van der Waals surface area contributed by atoms with Crippen molar-refractivity contribution in [1.29, 1.82) is 0 Å². The van der Waals surface area contributed by atoms with Crippen molar-refractivity contribution < 1.29 is 14.3 Å². The maximum absolute atomic E-state index is 11.8. The summed E-state index contributed by atoms with van der Waals surface area (Å²) in [7, 11) is 0. The molecule has 1 amide bonds. The summed E-state index contributed by atoms with van der Waals surface area (Å²) < 4.78 is 11.6. The van der Waals surface area contributed by atoms with Gasteiger partial charge in [0, 0.05) is 31.0 Å². The van der Waals surface area contributed by atoms with Crippen LogP contribution < -0.4 is 10.5 Å². The van der Waals surface area contributed by atoms with Crippen LogP contribution in [0.4, 0.5) is 0 Å². The number of nitrogens with zero attached hydrogens (tertiary/aromatic N) is 1. The quantitative estimate of drug-likeness (QED) is 0.856. The lowest BCUT2D eigenvalue weighted by molar-refractivity contribution is -0.116. The van der Waals surface area contributed by atoms with Crippen molar-refractivity contribution in [2.45, 2.75) is 6.42 Å². The Hall–Kier alpha value is -2.79. The first-order valence-electron chi connectivity index (χ1n) is 9.33. The van der Waals surface area contributed by atoms with Crippen LogP contribution in [0, 0.1) is 5.92 Å². The predicted molar refractivity (Wildman–Crippen MR) is 105 cm³/mol. The molecule has 2 aromatic rings. The highest BCUT2D eigenvalue weighted by molar-refractivity contribution is 5.92. The maximum Gasteiger partial charge on any atom is 0.264 e. The zero-order valence-electron chi connectivity index (χ0n) is 15.3. The van der Waals surface area contributed by atoms with Crippen molar-refractivity contribution >= 4 is 16.7 Å². The Kier molecular flexibility index (Phi) is 5.12. The number of nitrogens with two attached hydrogens (primary N) is 1. The number of hydrogen-bond donors (Lipinski definition) is 1. The lowest BCUT2D eigenvalue weighted by atomic mass is 10.0. The highest BCUT2D eigenvalue weighted by Gasteiger charge is 2.25. The number of carbonyl (C=O) groups is 1. The summed E-state index contributed by atoms with van der Waals surface area (Å²) in [6.07, 6.45) is 4.78. The van der Waals surface area contributed by atoms with Gasteiger partial charge in [0.15, 0.2) is 0 Å². The van der Waals surface area contributed by atoms with Crippen molar-refractivity contribution in [3.8, 4) is 5.75 Å². The molecular formula is C22H24N2O3. The summed E-state index contributed by atoms with van der Waals surface area (Å²) in [6.45, 7) is 3.44. The Labute approximate surface area is 159 Å². The van der Waals surface area contributed by atoms with Gasteiger partial charge in [-0.1, -0.05) is 42.5 Å². The molecule has 1 atom stereocenters. The number of hydrogen-bond acceptors (Lipinski definition) is 4. The van der Waals surface area contributed by atoms with Crippen LogP contribution in [0.2, 0.25) is 0 Å². The smallest absolute Gasteiger partial charge is 0.264 e. The van der Waals surface area contributed by atoms with Gasteiger partial charge in [0.1, 0.15) is 18.1 Å². The molecule has 0 spiro atoms. The molecule has 2 N–H and O–H groups in total. The van der Waals surface area contributed by atoms with Gasteiger partial charge < -0.3 is 20.1 Å². The Morgan fingerprint density at radius 1 is 1.19 bits per heavy atom. The monoisotopic (exact) mass is 364 g/mol. The van der Waals surface area contributed by atoms with Crippen LogP contribution in [0.1, 0.15) is 6.42 Å². The number of benzene rings is 2. The number of carbonyl (C=O) groups excluding carboxylic acids is 1. The molecule has 5 nitrogen and oxygen atoms in total.